The molecular weight excluding hydrogens is 533 g/mol. The molecule has 0 saturated heterocycles. The Balaban J connectivity index is 2.53. The van der Waals surface area contributed by atoms with Gasteiger partial charge in [0.1, 0.15) is 0 Å². The zero-order valence-corrected chi connectivity index (χ0v) is 17.2. The molecule has 0 bridgehead atoms. The second-order valence-electron chi connectivity index (χ2n) is 5.66. The van der Waals surface area contributed by atoms with E-state index in [1.54, 1.807) is 31.2 Å². The second-order valence-corrected chi connectivity index (χ2v) is 9.41. The first-order chi connectivity index (χ1) is 12.1. The van der Waals surface area contributed by atoms with Gasteiger partial charge in [0.05, 0.1) is 15.5 Å². The van der Waals surface area contributed by atoms with Crippen LogP contribution in [0.1, 0.15) is 11.1 Å². The van der Waals surface area contributed by atoms with Gasteiger partial charge in [0.25, 0.3) is 0 Å². The Bertz CT molecular complexity index is 791. The Morgan fingerprint density at radius 2 is 1.59 bits per heavy atom. The average molecular weight is 543 g/mol. The molecule has 2 atom stereocenters. The highest BCUT2D eigenvalue weighted by atomic mass is 79.9. The first kappa shape index (κ1) is 22.8. The quantitative estimate of drug-likeness (QED) is 0.242. The number of alkyl halides is 8. The number of halogens is 9. The third-order valence-corrected chi connectivity index (χ3v) is 6.44. The van der Waals surface area contributed by atoms with Crippen LogP contribution >= 0.6 is 31.9 Å². The molecule has 1 aliphatic rings. The van der Waals surface area contributed by atoms with Crippen molar-refractivity contribution < 1.29 is 35.3 Å². The monoisotopic (exact) mass is 541 g/mol. The van der Waals surface area contributed by atoms with E-state index in [2.05, 4.69) is 31.9 Å². The first-order valence-corrected chi connectivity index (χ1v) is 9.82. The molecular formula is C16H10Br2F7OS. The maximum Gasteiger partial charge on any atom is 0.486 e. The van der Waals surface area contributed by atoms with E-state index in [0.29, 0.717) is 11.1 Å². The first-order valence-electron chi connectivity index (χ1n) is 7.09. The van der Waals surface area contributed by atoms with E-state index in [-0.39, 0.29) is 4.48 Å². The SMILES string of the molecule is Cc1ccccc1C1(Br)[CH]C(Br)=CC([S+]([O-])C(F)(F)C(F)(F)C(F)(F)F)=C1. The van der Waals surface area contributed by atoms with Crippen LogP contribution in [0.4, 0.5) is 30.7 Å². The smallest absolute Gasteiger partial charge is 0.486 e. The van der Waals surface area contributed by atoms with E-state index in [1.807, 2.05) is 0 Å². The highest BCUT2D eigenvalue weighted by Crippen LogP contribution is 2.53. The molecule has 0 saturated carbocycles. The molecule has 0 amide bonds. The summed E-state index contributed by atoms with van der Waals surface area (Å²) in [6.45, 7) is 1.69. The molecule has 1 aromatic rings. The van der Waals surface area contributed by atoms with Gasteiger partial charge in [-0.1, -0.05) is 56.1 Å². The molecule has 1 aromatic carbocycles. The molecule has 11 heteroatoms. The van der Waals surface area contributed by atoms with Crippen molar-refractivity contribution in [2.24, 2.45) is 0 Å². The molecule has 0 spiro atoms. The van der Waals surface area contributed by atoms with E-state index >= 15 is 0 Å². The van der Waals surface area contributed by atoms with Crippen molar-refractivity contribution in [3.05, 3.63) is 63.4 Å². The number of rotatable bonds is 4. The summed E-state index contributed by atoms with van der Waals surface area (Å²) in [4.78, 5) is -0.876. The Hall–Kier alpha value is -0.520. The van der Waals surface area contributed by atoms with Gasteiger partial charge in [-0.2, -0.15) is 22.0 Å². The number of allylic oxidation sites excluding steroid dienone is 3. The minimum Gasteiger partial charge on any atom is -0.607 e. The van der Waals surface area contributed by atoms with Crippen LogP contribution in [0.25, 0.3) is 0 Å². The van der Waals surface area contributed by atoms with Crippen molar-refractivity contribution in [1.82, 2.24) is 0 Å². The largest absolute Gasteiger partial charge is 0.607 e. The maximum absolute atomic E-state index is 13.9. The van der Waals surface area contributed by atoms with Crippen molar-refractivity contribution in [1.29, 1.82) is 0 Å². The zero-order valence-electron chi connectivity index (χ0n) is 13.3. The number of hydrogen-bond acceptors (Lipinski definition) is 1. The summed E-state index contributed by atoms with van der Waals surface area (Å²) in [7, 11) is 0. The van der Waals surface area contributed by atoms with Gasteiger partial charge in [0, 0.05) is 17.0 Å². The Labute approximate surface area is 170 Å². The van der Waals surface area contributed by atoms with Gasteiger partial charge in [-0.25, -0.2) is 0 Å². The van der Waals surface area contributed by atoms with Crippen molar-refractivity contribution in [3.8, 4) is 0 Å². The fourth-order valence-corrected chi connectivity index (χ4v) is 5.69. The van der Waals surface area contributed by atoms with Crippen LogP contribution in [-0.4, -0.2) is 21.9 Å². The van der Waals surface area contributed by atoms with Crippen LogP contribution in [0.5, 0.6) is 0 Å². The van der Waals surface area contributed by atoms with E-state index in [1.165, 1.54) is 6.42 Å². The van der Waals surface area contributed by atoms with Crippen molar-refractivity contribution >= 4 is 43.0 Å². The molecule has 0 heterocycles. The molecule has 1 nitrogen and oxygen atoms in total. The highest BCUT2D eigenvalue weighted by Gasteiger charge is 2.80. The summed E-state index contributed by atoms with van der Waals surface area (Å²) in [6, 6.07) is 6.62. The Morgan fingerprint density at radius 3 is 2.11 bits per heavy atom. The molecule has 2 rings (SSSR count). The van der Waals surface area contributed by atoms with Gasteiger partial charge >= 0.3 is 17.4 Å². The van der Waals surface area contributed by atoms with Gasteiger partial charge in [-0.05, 0) is 24.1 Å². The number of hydrogen-bond donors (Lipinski definition) is 0. The molecule has 0 N–H and O–H groups in total. The zero-order chi connectivity index (χ0) is 20.8. The second kappa shape index (κ2) is 7.38. The van der Waals surface area contributed by atoms with Gasteiger partial charge in [-0.3, -0.25) is 0 Å². The fourth-order valence-electron chi connectivity index (χ4n) is 2.36. The molecule has 0 aliphatic heterocycles. The lowest BCUT2D eigenvalue weighted by molar-refractivity contribution is -0.331. The summed E-state index contributed by atoms with van der Waals surface area (Å²) in [5.74, 6) is -6.47. The van der Waals surface area contributed by atoms with Gasteiger partial charge in [0.2, 0.25) is 0 Å². The average Bonchev–Trinajstić information content (AvgIpc) is 2.52. The number of benzene rings is 1. The van der Waals surface area contributed by atoms with E-state index < -0.39 is 37.8 Å². The van der Waals surface area contributed by atoms with Crippen LogP contribution in [0, 0.1) is 13.3 Å². The van der Waals surface area contributed by atoms with E-state index in [9.17, 15) is 35.3 Å². The highest BCUT2D eigenvalue weighted by molar-refractivity contribution is 9.12. The molecule has 1 aliphatic carbocycles. The topological polar surface area (TPSA) is 23.1 Å². The van der Waals surface area contributed by atoms with Crippen LogP contribution in [0.2, 0.25) is 0 Å². The fraction of sp³-hybridized carbons (Fsp3) is 0.312. The maximum atomic E-state index is 13.9. The summed E-state index contributed by atoms with van der Waals surface area (Å²) >= 11 is 2.29. The minimum absolute atomic E-state index is 0.0830. The van der Waals surface area contributed by atoms with E-state index in [0.717, 1.165) is 12.2 Å². The summed E-state index contributed by atoms with van der Waals surface area (Å²) < 4.78 is 102. The van der Waals surface area contributed by atoms with Gasteiger partial charge in [-0.15, -0.1) is 8.78 Å². The summed E-state index contributed by atoms with van der Waals surface area (Å²) in [6.07, 6.45) is -3.35. The molecule has 0 aromatic heterocycles. The summed E-state index contributed by atoms with van der Waals surface area (Å²) in [5.41, 5.74) is 1.19. The van der Waals surface area contributed by atoms with Crippen LogP contribution < -0.4 is 0 Å². The minimum atomic E-state index is -6.56. The predicted molar refractivity (Wildman–Crippen MR) is 95.3 cm³/mol. The van der Waals surface area contributed by atoms with E-state index in [4.69, 9.17) is 0 Å². The van der Waals surface area contributed by atoms with Crippen LogP contribution in [0.15, 0.2) is 45.8 Å². The van der Waals surface area contributed by atoms with Gasteiger partial charge in [0.15, 0.2) is 4.91 Å². The third kappa shape index (κ3) is 4.11. The normalized spacial score (nSPS) is 22.9. The molecule has 27 heavy (non-hydrogen) atoms. The Kier molecular flexibility index (Phi) is 6.22. The third-order valence-electron chi connectivity index (χ3n) is 3.71. The van der Waals surface area contributed by atoms with Gasteiger partial charge < -0.3 is 4.55 Å². The summed E-state index contributed by atoms with van der Waals surface area (Å²) in [5, 5.41) is -5.86. The van der Waals surface area contributed by atoms with Crippen LogP contribution in [-0.2, 0) is 15.5 Å². The predicted octanol–water partition coefficient (Wildman–Crippen LogP) is 6.50. The standard InChI is InChI=1S/C16H10Br2F7OS/c1-9-4-2-3-5-12(9)13(18)7-10(17)6-11(8-13)27(26)16(24,25)14(19,20)15(21,22)23/h2-8H,1H3. The Morgan fingerprint density at radius 1 is 1.04 bits per heavy atom. The molecule has 1 radical (unpaired) electrons. The molecule has 149 valence electrons. The van der Waals surface area contributed by atoms with Crippen molar-refractivity contribution in [2.45, 2.75) is 28.6 Å². The van der Waals surface area contributed by atoms with Crippen molar-refractivity contribution in [2.75, 3.05) is 0 Å². The lowest BCUT2D eigenvalue weighted by atomic mass is 9.89. The number of aryl methyl sites for hydroxylation is 1. The lowest BCUT2D eigenvalue weighted by Crippen LogP contribution is -2.56. The lowest BCUT2D eigenvalue weighted by Gasteiger charge is -2.33. The van der Waals surface area contributed by atoms with Crippen molar-refractivity contribution in [3.63, 3.8) is 0 Å². The molecule has 2 unspecified atom stereocenters. The molecule has 0 fully saturated rings. The van der Waals surface area contributed by atoms with Crippen LogP contribution in [0.3, 0.4) is 0 Å².